The molecule has 0 aliphatic rings. The van der Waals surface area contributed by atoms with Crippen molar-refractivity contribution in [1.29, 1.82) is 0 Å². The lowest BCUT2D eigenvalue weighted by Gasteiger charge is -2.18. The summed E-state index contributed by atoms with van der Waals surface area (Å²) in [7, 11) is -3.56. The van der Waals surface area contributed by atoms with Crippen molar-refractivity contribution in [2.45, 2.75) is 28.8 Å². The first-order chi connectivity index (χ1) is 15.3. The van der Waals surface area contributed by atoms with Crippen LogP contribution in [0.2, 0.25) is 0 Å². The molecule has 3 aromatic rings. The molecule has 3 rings (SSSR count). The third-order valence-electron chi connectivity index (χ3n) is 4.60. The van der Waals surface area contributed by atoms with Gasteiger partial charge in [0, 0.05) is 24.4 Å². The molecule has 170 valence electrons. The van der Waals surface area contributed by atoms with Crippen molar-refractivity contribution in [3.05, 3.63) is 65.5 Å². The lowest BCUT2D eigenvalue weighted by molar-refractivity contribution is 0.101. The molecule has 0 amide bonds. The van der Waals surface area contributed by atoms with Crippen LogP contribution in [0.25, 0.3) is 0 Å². The number of rotatable bonds is 11. The number of sulfonamides is 1. The number of nitrogens with zero attached hydrogens (tertiary/aromatic N) is 3. The molecule has 7 nitrogen and oxygen atoms in total. The highest BCUT2D eigenvalue weighted by Gasteiger charge is 2.21. The van der Waals surface area contributed by atoms with Gasteiger partial charge in [0.05, 0.1) is 11.4 Å². The monoisotopic (exact) mass is 494 g/mol. The zero-order valence-electron chi connectivity index (χ0n) is 17.6. The Bertz CT molecular complexity index is 1150. The number of hydrogen-bond acceptors (Lipinski definition) is 8. The van der Waals surface area contributed by atoms with Crippen molar-refractivity contribution < 1.29 is 17.6 Å². The molecule has 2 aromatic carbocycles. The quantitative estimate of drug-likeness (QED) is 0.314. The van der Waals surface area contributed by atoms with Gasteiger partial charge in [-0.1, -0.05) is 49.1 Å². The first kappa shape index (κ1) is 24.3. The SMILES string of the molecule is CCN(CC)S(=O)(=O)c1ccc(C(=O)CNc2nnc(SCc3ccc(F)cc3)s2)cc1. The van der Waals surface area contributed by atoms with Gasteiger partial charge in [0.1, 0.15) is 5.82 Å². The van der Waals surface area contributed by atoms with Crippen LogP contribution in [0.3, 0.4) is 0 Å². The number of ketones is 1. The van der Waals surface area contributed by atoms with Gasteiger partial charge in [-0.15, -0.1) is 10.2 Å². The summed E-state index contributed by atoms with van der Waals surface area (Å²) in [6.45, 7) is 4.35. The fraction of sp³-hybridized carbons (Fsp3) is 0.286. The number of anilines is 1. The summed E-state index contributed by atoms with van der Waals surface area (Å²) in [4.78, 5) is 12.6. The van der Waals surface area contributed by atoms with Crippen LogP contribution >= 0.6 is 23.1 Å². The van der Waals surface area contributed by atoms with Gasteiger partial charge in [0.15, 0.2) is 10.1 Å². The summed E-state index contributed by atoms with van der Waals surface area (Å²) in [6, 6.07) is 12.2. The molecule has 0 saturated carbocycles. The van der Waals surface area contributed by atoms with Crippen LogP contribution in [0.1, 0.15) is 29.8 Å². The molecule has 0 aliphatic heterocycles. The van der Waals surface area contributed by atoms with Crippen LogP contribution in [0.15, 0.2) is 57.8 Å². The number of carbonyl (C=O) groups is 1. The van der Waals surface area contributed by atoms with Crippen LogP contribution in [0, 0.1) is 5.82 Å². The highest BCUT2D eigenvalue weighted by atomic mass is 32.2. The molecule has 0 fully saturated rings. The lowest BCUT2D eigenvalue weighted by Crippen LogP contribution is -2.30. The first-order valence-corrected chi connectivity index (χ1v) is 13.2. The average molecular weight is 495 g/mol. The van der Waals surface area contributed by atoms with E-state index in [0.29, 0.717) is 29.5 Å². The summed E-state index contributed by atoms with van der Waals surface area (Å²) >= 11 is 2.80. The van der Waals surface area contributed by atoms with Gasteiger partial charge < -0.3 is 5.32 Å². The van der Waals surface area contributed by atoms with Crippen LogP contribution < -0.4 is 5.32 Å². The molecular weight excluding hydrogens is 471 g/mol. The second kappa shape index (κ2) is 11.0. The molecular formula is C21H23FN4O3S3. The van der Waals surface area contributed by atoms with Gasteiger partial charge in [-0.2, -0.15) is 4.31 Å². The van der Waals surface area contributed by atoms with E-state index in [1.165, 1.54) is 63.8 Å². The Morgan fingerprint density at radius 1 is 1.06 bits per heavy atom. The third-order valence-corrected chi connectivity index (χ3v) is 8.75. The Morgan fingerprint density at radius 2 is 1.72 bits per heavy atom. The number of nitrogens with one attached hydrogen (secondary N) is 1. The van der Waals surface area contributed by atoms with E-state index in [1.54, 1.807) is 26.0 Å². The van der Waals surface area contributed by atoms with E-state index in [2.05, 4.69) is 15.5 Å². The predicted molar refractivity (Wildman–Crippen MR) is 125 cm³/mol. The molecule has 0 aliphatic carbocycles. The van der Waals surface area contributed by atoms with Gasteiger partial charge in [0.25, 0.3) is 0 Å². The minimum Gasteiger partial charge on any atom is -0.353 e. The molecule has 0 spiro atoms. The Balaban J connectivity index is 1.54. The number of Topliss-reactive ketones (excluding diaryl/α,β-unsaturated/α-hetero) is 1. The fourth-order valence-corrected chi connectivity index (χ4v) is 6.01. The van der Waals surface area contributed by atoms with Gasteiger partial charge >= 0.3 is 0 Å². The fourth-order valence-electron chi connectivity index (χ4n) is 2.85. The zero-order valence-corrected chi connectivity index (χ0v) is 20.1. The van der Waals surface area contributed by atoms with Crippen molar-refractivity contribution in [1.82, 2.24) is 14.5 Å². The number of halogens is 1. The molecule has 11 heteroatoms. The van der Waals surface area contributed by atoms with Crippen LogP contribution in [0.5, 0.6) is 0 Å². The zero-order chi connectivity index (χ0) is 23.1. The van der Waals surface area contributed by atoms with Crippen LogP contribution in [-0.2, 0) is 15.8 Å². The number of aromatic nitrogens is 2. The van der Waals surface area contributed by atoms with E-state index >= 15 is 0 Å². The largest absolute Gasteiger partial charge is 0.353 e. The van der Waals surface area contributed by atoms with Crippen LogP contribution in [0.4, 0.5) is 9.52 Å². The second-order valence-electron chi connectivity index (χ2n) is 6.68. The molecule has 1 N–H and O–H groups in total. The van der Waals surface area contributed by atoms with E-state index in [9.17, 15) is 17.6 Å². The highest BCUT2D eigenvalue weighted by Crippen LogP contribution is 2.28. The summed E-state index contributed by atoms with van der Waals surface area (Å²) in [5, 5.41) is 11.6. The van der Waals surface area contributed by atoms with Gasteiger partial charge in [0.2, 0.25) is 15.2 Å². The number of benzene rings is 2. The van der Waals surface area contributed by atoms with Crippen LogP contribution in [-0.4, -0.2) is 48.3 Å². The van der Waals surface area contributed by atoms with Gasteiger partial charge in [-0.3, -0.25) is 4.79 Å². The molecule has 1 aromatic heterocycles. The molecule has 0 radical (unpaired) electrons. The molecule has 1 heterocycles. The Hall–Kier alpha value is -2.34. The summed E-state index contributed by atoms with van der Waals surface area (Å²) in [5.74, 6) is 0.176. The van der Waals surface area contributed by atoms with E-state index in [0.717, 1.165) is 9.90 Å². The lowest BCUT2D eigenvalue weighted by atomic mass is 10.1. The predicted octanol–water partition coefficient (Wildman–Crippen LogP) is 4.29. The summed E-state index contributed by atoms with van der Waals surface area (Å²) in [6.07, 6.45) is 0. The third kappa shape index (κ3) is 6.12. The normalized spacial score (nSPS) is 11.6. The Morgan fingerprint density at radius 3 is 2.34 bits per heavy atom. The highest BCUT2D eigenvalue weighted by molar-refractivity contribution is 8.00. The average Bonchev–Trinajstić information content (AvgIpc) is 3.25. The number of carbonyl (C=O) groups excluding carboxylic acids is 1. The molecule has 0 bridgehead atoms. The second-order valence-corrected chi connectivity index (χ2v) is 10.8. The maximum atomic E-state index is 13.0. The molecule has 32 heavy (non-hydrogen) atoms. The van der Waals surface area contributed by atoms with Gasteiger partial charge in [-0.25, -0.2) is 12.8 Å². The minimum atomic E-state index is -3.56. The van der Waals surface area contributed by atoms with E-state index in [4.69, 9.17) is 0 Å². The van der Waals surface area contributed by atoms with Gasteiger partial charge in [-0.05, 0) is 42.0 Å². The number of thioether (sulfide) groups is 1. The van der Waals surface area contributed by atoms with E-state index < -0.39 is 10.0 Å². The minimum absolute atomic E-state index is 0.0133. The van der Waals surface area contributed by atoms with Crippen molar-refractivity contribution in [2.75, 3.05) is 25.0 Å². The molecule has 0 atom stereocenters. The Labute approximate surface area is 195 Å². The maximum Gasteiger partial charge on any atom is 0.243 e. The van der Waals surface area contributed by atoms with E-state index in [1.807, 2.05) is 0 Å². The Kier molecular flexibility index (Phi) is 8.35. The number of hydrogen-bond donors (Lipinski definition) is 1. The van der Waals surface area contributed by atoms with E-state index in [-0.39, 0.29) is 23.0 Å². The summed E-state index contributed by atoms with van der Waals surface area (Å²) < 4.78 is 40.2. The van der Waals surface area contributed by atoms with Crippen molar-refractivity contribution in [2.24, 2.45) is 0 Å². The smallest absolute Gasteiger partial charge is 0.243 e. The topological polar surface area (TPSA) is 92.3 Å². The standard InChI is InChI=1S/C21H23FN4O3S3/c1-3-26(4-2)32(28,29)18-11-7-16(8-12-18)19(27)13-23-20-24-25-21(31-20)30-14-15-5-9-17(22)10-6-15/h5-12H,3-4,13-14H2,1-2H3,(H,23,24). The van der Waals surface area contributed by atoms with Crippen molar-refractivity contribution in [3.63, 3.8) is 0 Å². The summed E-state index contributed by atoms with van der Waals surface area (Å²) in [5.41, 5.74) is 1.38. The molecule has 0 unspecified atom stereocenters. The first-order valence-electron chi connectivity index (χ1n) is 9.91. The van der Waals surface area contributed by atoms with Crippen molar-refractivity contribution in [3.8, 4) is 0 Å². The van der Waals surface area contributed by atoms with Crippen molar-refractivity contribution >= 4 is 44.0 Å². The molecule has 0 saturated heterocycles. The maximum absolute atomic E-state index is 13.0.